The van der Waals surface area contributed by atoms with Gasteiger partial charge in [0.15, 0.2) is 0 Å². The summed E-state index contributed by atoms with van der Waals surface area (Å²) in [7, 11) is 0. The van der Waals surface area contributed by atoms with Gasteiger partial charge in [-0.25, -0.2) is 0 Å². The van der Waals surface area contributed by atoms with Crippen LogP contribution in [0, 0.1) is 5.92 Å². The predicted molar refractivity (Wildman–Crippen MR) is 72.2 cm³/mol. The summed E-state index contributed by atoms with van der Waals surface area (Å²) < 4.78 is 0.752. The number of hydrogen-bond donors (Lipinski definition) is 2. The first-order valence-electron chi connectivity index (χ1n) is 5.69. The van der Waals surface area contributed by atoms with E-state index in [1.165, 1.54) is 6.07 Å². The molecule has 0 bridgehead atoms. The molecule has 1 rings (SSSR count). The van der Waals surface area contributed by atoms with Crippen LogP contribution in [-0.2, 0) is 0 Å². The van der Waals surface area contributed by atoms with Crippen LogP contribution < -0.4 is 5.32 Å². The third-order valence-corrected chi connectivity index (χ3v) is 2.90. The van der Waals surface area contributed by atoms with Gasteiger partial charge in [-0.2, -0.15) is 0 Å². The highest BCUT2D eigenvalue weighted by molar-refractivity contribution is 9.10. The highest BCUT2D eigenvalue weighted by atomic mass is 79.9. The maximum Gasteiger partial charge on any atom is 0.255 e. The van der Waals surface area contributed by atoms with Crippen molar-refractivity contribution in [3.8, 4) is 5.75 Å². The molecular weight excluding hydrogens is 282 g/mol. The summed E-state index contributed by atoms with van der Waals surface area (Å²) in [5, 5.41) is 12.5. The smallest absolute Gasteiger partial charge is 0.255 e. The number of phenolic OH excluding ortho intramolecular Hbond substituents is 1. The normalized spacial score (nSPS) is 12.5. The van der Waals surface area contributed by atoms with Gasteiger partial charge in [0.05, 0.1) is 5.56 Å². The Bertz CT molecular complexity index is 404. The van der Waals surface area contributed by atoms with Gasteiger partial charge in [-0.3, -0.25) is 4.79 Å². The fraction of sp³-hybridized carbons (Fsp3) is 0.462. The number of halogens is 1. The Morgan fingerprint density at radius 3 is 2.59 bits per heavy atom. The molecule has 1 unspecified atom stereocenters. The highest BCUT2D eigenvalue weighted by Gasteiger charge is 2.14. The summed E-state index contributed by atoms with van der Waals surface area (Å²) >= 11 is 3.24. The molecule has 4 heteroatoms. The summed E-state index contributed by atoms with van der Waals surface area (Å²) in [5.41, 5.74) is 0.309. The second kappa shape index (κ2) is 6.05. The Balaban J connectivity index is 2.70. The van der Waals surface area contributed by atoms with Crippen LogP contribution in [0.25, 0.3) is 0 Å². The van der Waals surface area contributed by atoms with Crippen molar-refractivity contribution in [1.82, 2.24) is 5.32 Å². The van der Waals surface area contributed by atoms with E-state index in [1.807, 2.05) is 6.92 Å². The van der Waals surface area contributed by atoms with E-state index in [1.54, 1.807) is 12.1 Å². The molecule has 0 heterocycles. The largest absolute Gasteiger partial charge is 0.507 e. The Hall–Kier alpha value is -1.03. The summed E-state index contributed by atoms with van der Waals surface area (Å²) in [5.74, 6) is 0.292. The number of aromatic hydroxyl groups is 1. The maximum absolute atomic E-state index is 11.9. The van der Waals surface area contributed by atoms with E-state index >= 15 is 0 Å². The second-order valence-corrected chi connectivity index (χ2v) is 5.58. The van der Waals surface area contributed by atoms with Crippen molar-refractivity contribution in [1.29, 1.82) is 0 Å². The van der Waals surface area contributed by atoms with E-state index in [9.17, 15) is 9.90 Å². The van der Waals surface area contributed by atoms with Crippen LogP contribution in [0.4, 0.5) is 0 Å². The molecule has 2 N–H and O–H groups in total. The molecule has 0 saturated carbocycles. The van der Waals surface area contributed by atoms with Gasteiger partial charge in [0, 0.05) is 10.5 Å². The van der Waals surface area contributed by atoms with Crippen LogP contribution in [0.2, 0.25) is 0 Å². The molecule has 17 heavy (non-hydrogen) atoms. The van der Waals surface area contributed by atoms with Crippen LogP contribution in [0.5, 0.6) is 5.75 Å². The van der Waals surface area contributed by atoms with E-state index in [0.29, 0.717) is 11.5 Å². The van der Waals surface area contributed by atoms with Crippen molar-refractivity contribution in [3.63, 3.8) is 0 Å². The molecule has 3 nitrogen and oxygen atoms in total. The number of nitrogens with one attached hydrogen (secondary N) is 1. The van der Waals surface area contributed by atoms with E-state index < -0.39 is 0 Å². The number of carbonyl (C=O) groups is 1. The molecule has 0 aromatic heterocycles. The first kappa shape index (κ1) is 14.0. The van der Waals surface area contributed by atoms with Gasteiger partial charge in [0.2, 0.25) is 0 Å². The van der Waals surface area contributed by atoms with Crippen LogP contribution in [0.1, 0.15) is 37.6 Å². The minimum Gasteiger partial charge on any atom is -0.507 e. The second-order valence-electron chi connectivity index (χ2n) is 4.67. The summed E-state index contributed by atoms with van der Waals surface area (Å²) in [4.78, 5) is 11.9. The minimum absolute atomic E-state index is 0.00591. The Kier molecular flexibility index (Phi) is 5.00. The van der Waals surface area contributed by atoms with Gasteiger partial charge < -0.3 is 10.4 Å². The lowest BCUT2D eigenvalue weighted by Crippen LogP contribution is -2.33. The van der Waals surface area contributed by atoms with E-state index in [2.05, 4.69) is 35.1 Å². The van der Waals surface area contributed by atoms with Crippen molar-refractivity contribution in [2.75, 3.05) is 0 Å². The van der Waals surface area contributed by atoms with Gasteiger partial charge in [0.1, 0.15) is 5.75 Å². The van der Waals surface area contributed by atoms with E-state index in [4.69, 9.17) is 0 Å². The minimum atomic E-state index is -0.233. The van der Waals surface area contributed by atoms with Crippen LogP contribution >= 0.6 is 15.9 Å². The molecule has 0 fully saturated rings. The average molecular weight is 300 g/mol. The third kappa shape index (κ3) is 4.38. The topological polar surface area (TPSA) is 49.3 Å². The Morgan fingerprint density at radius 1 is 1.41 bits per heavy atom. The molecule has 94 valence electrons. The molecular formula is C13H18BrNO2. The molecule has 0 aliphatic carbocycles. The number of phenols is 1. The maximum atomic E-state index is 11.9. The van der Waals surface area contributed by atoms with Crippen molar-refractivity contribution in [3.05, 3.63) is 28.2 Å². The van der Waals surface area contributed by atoms with Gasteiger partial charge in [-0.15, -0.1) is 0 Å². The summed E-state index contributed by atoms with van der Waals surface area (Å²) in [6.45, 7) is 6.19. The Labute approximate surface area is 110 Å². The van der Waals surface area contributed by atoms with Crippen LogP contribution in [-0.4, -0.2) is 17.1 Å². The number of rotatable bonds is 4. The molecule has 0 aliphatic rings. The predicted octanol–water partition coefficient (Wildman–Crippen LogP) is 3.32. The standard InChI is InChI=1S/C13H18BrNO2/c1-8(2)6-9(3)15-13(17)11-5-4-10(14)7-12(11)16/h4-5,7-9,16H,6H2,1-3H3,(H,15,17). The SMILES string of the molecule is CC(C)CC(C)NC(=O)c1ccc(Br)cc1O. The molecule has 0 spiro atoms. The fourth-order valence-corrected chi connectivity index (χ4v) is 2.11. The number of benzene rings is 1. The van der Waals surface area contributed by atoms with E-state index in [0.717, 1.165) is 10.9 Å². The van der Waals surface area contributed by atoms with Crippen molar-refractivity contribution < 1.29 is 9.90 Å². The lowest BCUT2D eigenvalue weighted by Gasteiger charge is -2.16. The van der Waals surface area contributed by atoms with Crippen molar-refractivity contribution >= 4 is 21.8 Å². The number of hydrogen-bond acceptors (Lipinski definition) is 2. The zero-order chi connectivity index (χ0) is 13.0. The first-order chi connectivity index (χ1) is 7.90. The molecule has 1 atom stereocenters. The molecule has 1 aromatic carbocycles. The monoisotopic (exact) mass is 299 g/mol. The number of carbonyl (C=O) groups excluding carboxylic acids is 1. The molecule has 0 radical (unpaired) electrons. The number of amides is 1. The van der Waals surface area contributed by atoms with Gasteiger partial charge in [0.25, 0.3) is 5.91 Å². The fourth-order valence-electron chi connectivity index (χ4n) is 1.76. The zero-order valence-corrected chi connectivity index (χ0v) is 11.9. The van der Waals surface area contributed by atoms with Crippen LogP contribution in [0.3, 0.4) is 0 Å². The highest BCUT2D eigenvalue weighted by Crippen LogP contribution is 2.22. The van der Waals surface area contributed by atoms with E-state index in [-0.39, 0.29) is 17.7 Å². The third-order valence-electron chi connectivity index (χ3n) is 2.41. The lowest BCUT2D eigenvalue weighted by molar-refractivity contribution is 0.0933. The van der Waals surface area contributed by atoms with Crippen molar-refractivity contribution in [2.45, 2.75) is 33.2 Å². The summed E-state index contributed by atoms with van der Waals surface area (Å²) in [6.07, 6.45) is 0.920. The average Bonchev–Trinajstić information content (AvgIpc) is 2.15. The molecule has 1 aromatic rings. The molecule has 1 amide bonds. The summed E-state index contributed by atoms with van der Waals surface area (Å²) in [6, 6.07) is 4.96. The first-order valence-corrected chi connectivity index (χ1v) is 6.48. The van der Waals surface area contributed by atoms with Crippen LogP contribution in [0.15, 0.2) is 22.7 Å². The molecule has 0 saturated heterocycles. The molecule has 0 aliphatic heterocycles. The van der Waals surface area contributed by atoms with Gasteiger partial charge in [-0.05, 0) is 37.5 Å². The lowest BCUT2D eigenvalue weighted by atomic mass is 10.0. The van der Waals surface area contributed by atoms with Gasteiger partial charge >= 0.3 is 0 Å². The van der Waals surface area contributed by atoms with Gasteiger partial charge in [-0.1, -0.05) is 29.8 Å². The zero-order valence-electron chi connectivity index (χ0n) is 10.3. The quantitative estimate of drug-likeness (QED) is 0.896. The van der Waals surface area contributed by atoms with Crippen molar-refractivity contribution in [2.24, 2.45) is 5.92 Å². The Morgan fingerprint density at radius 2 is 2.06 bits per heavy atom.